The number of likely N-dealkylation sites (N-methyl/N-ethyl adjacent to an activating group) is 1. The van der Waals surface area contributed by atoms with Gasteiger partial charge in [-0.3, -0.25) is 9.88 Å². The molecule has 0 fully saturated rings. The minimum atomic E-state index is 0.461. The van der Waals surface area contributed by atoms with Crippen molar-refractivity contribution in [3.05, 3.63) is 46.2 Å². The molecule has 3 nitrogen and oxygen atoms in total. The zero-order valence-electron chi connectivity index (χ0n) is 11.1. The molecule has 2 rings (SSSR count). The van der Waals surface area contributed by atoms with Gasteiger partial charge in [0, 0.05) is 35.9 Å². The smallest absolute Gasteiger partial charge is 0.107 e. The van der Waals surface area contributed by atoms with Gasteiger partial charge in [-0.2, -0.15) is 0 Å². The first-order chi connectivity index (χ1) is 8.65. The van der Waals surface area contributed by atoms with Crippen LogP contribution in [0.2, 0.25) is 0 Å². The van der Waals surface area contributed by atoms with Crippen LogP contribution in [0.4, 0.5) is 0 Å². The molecule has 0 bridgehead atoms. The number of rotatable bonds is 5. The summed E-state index contributed by atoms with van der Waals surface area (Å²) in [5.41, 5.74) is 2.43. The molecule has 0 aliphatic rings. The number of aryl methyl sites for hydroxylation is 1. The molecule has 2 aromatic rings. The summed E-state index contributed by atoms with van der Waals surface area (Å²) in [5.74, 6) is 0. The molecule has 2 aromatic heterocycles. The van der Waals surface area contributed by atoms with Crippen molar-refractivity contribution in [2.45, 2.75) is 32.9 Å². The Morgan fingerprint density at radius 3 is 2.83 bits per heavy atom. The lowest BCUT2D eigenvalue weighted by Crippen LogP contribution is -2.30. The minimum absolute atomic E-state index is 0.461. The van der Waals surface area contributed by atoms with Gasteiger partial charge >= 0.3 is 0 Å². The summed E-state index contributed by atoms with van der Waals surface area (Å²) in [6.45, 7) is 5.25. The van der Waals surface area contributed by atoms with E-state index in [0.717, 1.165) is 18.7 Å². The average molecular weight is 261 g/mol. The number of aromatic nitrogens is 2. The molecule has 0 spiro atoms. The molecular weight excluding hydrogens is 242 g/mol. The summed E-state index contributed by atoms with van der Waals surface area (Å²) in [6.07, 6.45) is 4.72. The summed E-state index contributed by atoms with van der Waals surface area (Å²) in [6, 6.07) is 4.66. The first-order valence-corrected chi connectivity index (χ1v) is 7.03. The van der Waals surface area contributed by atoms with Crippen LogP contribution in [0.15, 0.2) is 29.9 Å². The van der Waals surface area contributed by atoms with Crippen LogP contribution in [0.3, 0.4) is 0 Å². The molecular formula is C14H19N3S. The Hall–Kier alpha value is -1.26. The predicted octanol–water partition coefficient (Wildman–Crippen LogP) is 2.91. The Balaban J connectivity index is 1.93. The van der Waals surface area contributed by atoms with E-state index in [-0.39, 0.29) is 0 Å². The lowest BCUT2D eigenvalue weighted by Gasteiger charge is -2.23. The fourth-order valence-corrected chi connectivity index (χ4v) is 2.55. The first kappa shape index (κ1) is 13.2. The second-order valence-corrected chi connectivity index (χ2v) is 5.70. The van der Waals surface area contributed by atoms with E-state index in [1.54, 1.807) is 11.3 Å². The third-order valence-corrected chi connectivity index (χ3v) is 3.86. The van der Waals surface area contributed by atoms with E-state index in [1.165, 1.54) is 10.6 Å². The van der Waals surface area contributed by atoms with Crippen molar-refractivity contribution >= 4 is 11.3 Å². The zero-order valence-corrected chi connectivity index (χ0v) is 11.9. The Kier molecular flexibility index (Phi) is 4.44. The Morgan fingerprint density at radius 1 is 1.33 bits per heavy atom. The normalized spacial score (nSPS) is 12.9. The van der Waals surface area contributed by atoms with Crippen molar-refractivity contribution in [3.63, 3.8) is 0 Å². The van der Waals surface area contributed by atoms with Crippen molar-refractivity contribution in [2.75, 3.05) is 7.05 Å². The fourth-order valence-electron chi connectivity index (χ4n) is 1.87. The molecule has 0 radical (unpaired) electrons. The summed E-state index contributed by atoms with van der Waals surface area (Å²) < 4.78 is 0. The maximum atomic E-state index is 4.42. The van der Waals surface area contributed by atoms with Crippen LogP contribution in [0.5, 0.6) is 0 Å². The molecule has 0 aliphatic carbocycles. The number of thiazole rings is 1. The summed E-state index contributed by atoms with van der Waals surface area (Å²) in [7, 11) is 2.14. The van der Waals surface area contributed by atoms with Crippen molar-refractivity contribution in [1.29, 1.82) is 0 Å². The minimum Gasteiger partial charge on any atom is -0.297 e. The Morgan fingerprint density at radius 2 is 2.17 bits per heavy atom. The second kappa shape index (κ2) is 6.07. The van der Waals surface area contributed by atoms with E-state index < -0.39 is 0 Å². The SMILES string of the molecule is Cc1ccnc(C[C@H](C)N(C)Cc2nccs2)c1. The Bertz CT molecular complexity index is 482. The van der Waals surface area contributed by atoms with Crippen LogP contribution >= 0.6 is 11.3 Å². The number of hydrogen-bond acceptors (Lipinski definition) is 4. The van der Waals surface area contributed by atoms with Gasteiger partial charge in [0.25, 0.3) is 0 Å². The van der Waals surface area contributed by atoms with E-state index in [9.17, 15) is 0 Å². The third-order valence-electron chi connectivity index (χ3n) is 3.10. The number of pyridine rings is 1. The largest absolute Gasteiger partial charge is 0.297 e. The fraction of sp³-hybridized carbons (Fsp3) is 0.429. The monoisotopic (exact) mass is 261 g/mol. The van der Waals surface area contributed by atoms with Gasteiger partial charge in [-0.05, 0) is 38.6 Å². The van der Waals surface area contributed by atoms with Crippen LogP contribution in [-0.2, 0) is 13.0 Å². The second-order valence-electron chi connectivity index (χ2n) is 4.72. The zero-order chi connectivity index (χ0) is 13.0. The summed E-state index contributed by atoms with van der Waals surface area (Å²) >= 11 is 1.71. The highest BCUT2D eigenvalue weighted by Gasteiger charge is 2.12. The molecule has 2 heterocycles. The van der Waals surface area contributed by atoms with Crippen LogP contribution in [0.1, 0.15) is 23.2 Å². The van der Waals surface area contributed by atoms with Gasteiger partial charge in [0.15, 0.2) is 0 Å². The van der Waals surface area contributed by atoms with Crippen LogP contribution in [-0.4, -0.2) is 28.0 Å². The summed E-state index contributed by atoms with van der Waals surface area (Å²) in [4.78, 5) is 11.1. The maximum Gasteiger partial charge on any atom is 0.107 e. The van der Waals surface area contributed by atoms with Crippen LogP contribution in [0.25, 0.3) is 0 Å². The molecule has 18 heavy (non-hydrogen) atoms. The lowest BCUT2D eigenvalue weighted by molar-refractivity contribution is 0.246. The van der Waals surface area contributed by atoms with Gasteiger partial charge in [0.05, 0.1) is 6.54 Å². The average Bonchev–Trinajstić information content (AvgIpc) is 2.81. The van der Waals surface area contributed by atoms with Gasteiger partial charge < -0.3 is 0 Å². The molecule has 0 aromatic carbocycles. The quantitative estimate of drug-likeness (QED) is 0.828. The van der Waals surface area contributed by atoms with Gasteiger partial charge in [0.2, 0.25) is 0 Å². The summed E-state index contributed by atoms with van der Waals surface area (Å²) in [5, 5.41) is 3.19. The molecule has 4 heteroatoms. The van der Waals surface area contributed by atoms with E-state index in [2.05, 4.69) is 41.8 Å². The van der Waals surface area contributed by atoms with E-state index in [4.69, 9.17) is 0 Å². The standard InChI is InChI=1S/C14H19N3S/c1-11-4-5-15-13(8-11)9-12(2)17(3)10-14-16-6-7-18-14/h4-8,12H,9-10H2,1-3H3/t12-/m0/s1. The van der Waals surface area contributed by atoms with Crippen molar-refractivity contribution in [3.8, 4) is 0 Å². The van der Waals surface area contributed by atoms with E-state index >= 15 is 0 Å². The van der Waals surface area contributed by atoms with E-state index in [1.807, 2.05) is 23.8 Å². The lowest BCUT2D eigenvalue weighted by atomic mass is 10.1. The topological polar surface area (TPSA) is 29.0 Å². The molecule has 0 saturated heterocycles. The number of hydrogen-bond donors (Lipinski definition) is 0. The van der Waals surface area contributed by atoms with Gasteiger partial charge in [0.1, 0.15) is 5.01 Å². The highest BCUT2D eigenvalue weighted by Crippen LogP contribution is 2.12. The van der Waals surface area contributed by atoms with Crippen LogP contribution < -0.4 is 0 Å². The molecule has 1 atom stereocenters. The van der Waals surface area contributed by atoms with Gasteiger partial charge in [-0.15, -0.1) is 11.3 Å². The first-order valence-electron chi connectivity index (χ1n) is 6.15. The molecule has 0 aliphatic heterocycles. The van der Waals surface area contributed by atoms with Crippen molar-refractivity contribution in [1.82, 2.24) is 14.9 Å². The molecule has 96 valence electrons. The maximum absolute atomic E-state index is 4.42. The highest BCUT2D eigenvalue weighted by atomic mass is 32.1. The third kappa shape index (κ3) is 3.62. The molecule has 0 N–H and O–H groups in total. The number of nitrogens with zero attached hydrogens (tertiary/aromatic N) is 3. The molecule has 0 amide bonds. The molecule has 0 unspecified atom stereocenters. The van der Waals surface area contributed by atoms with Gasteiger partial charge in [-0.25, -0.2) is 4.98 Å². The van der Waals surface area contributed by atoms with Crippen LogP contribution in [0, 0.1) is 6.92 Å². The predicted molar refractivity (Wildman–Crippen MR) is 75.7 cm³/mol. The van der Waals surface area contributed by atoms with E-state index in [0.29, 0.717) is 6.04 Å². The highest BCUT2D eigenvalue weighted by molar-refractivity contribution is 7.09. The molecule has 0 saturated carbocycles. The van der Waals surface area contributed by atoms with Crippen molar-refractivity contribution in [2.24, 2.45) is 0 Å². The van der Waals surface area contributed by atoms with Gasteiger partial charge in [-0.1, -0.05) is 0 Å². The van der Waals surface area contributed by atoms with Crippen molar-refractivity contribution < 1.29 is 0 Å². The Labute approximate surface area is 113 Å².